The number of halogens is 1. The zero-order chi connectivity index (χ0) is 10.7. The van der Waals surface area contributed by atoms with Crippen molar-refractivity contribution in [2.24, 2.45) is 0 Å². The van der Waals surface area contributed by atoms with Gasteiger partial charge in [-0.15, -0.1) is 0 Å². The minimum atomic E-state index is -0.984. The number of aromatic nitrogens is 1. The molecule has 1 aliphatic rings. The lowest BCUT2D eigenvalue weighted by atomic mass is 10.2. The number of rotatable bonds is 2. The second kappa shape index (κ2) is 5.18. The molecule has 0 saturated carbocycles. The first kappa shape index (κ1) is 11.2. The lowest BCUT2D eigenvalue weighted by Crippen LogP contribution is -2.36. The topological polar surface area (TPSA) is 42.0 Å². The van der Waals surface area contributed by atoms with E-state index in [0.29, 0.717) is 5.03 Å². The highest BCUT2D eigenvalue weighted by Crippen LogP contribution is 2.17. The van der Waals surface area contributed by atoms with Crippen molar-refractivity contribution in [2.45, 2.75) is 23.1 Å². The van der Waals surface area contributed by atoms with Gasteiger partial charge < -0.3 is 5.32 Å². The Morgan fingerprint density at radius 1 is 1.53 bits per heavy atom. The van der Waals surface area contributed by atoms with Crippen LogP contribution in [0.4, 0.5) is 0 Å². The van der Waals surface area contributed by atoms with E-state index in [1.807, 2.05) is 18.2 Å². The number of piperidine rings is 1. The van der Waals surface area contributed by atoms with Gasteiger partial charge in [0.05, 0.1) is 16.0 Å². The second-order valence-electron chi connectivity index (χ2n) is 3.56. The number of nitrogens with one attached hydrogen (secondary N) is 1. The zero-order valence-corrected chi connectivity index (χ0v) is 10.7. The summed E-state index contributed by atoms with van der Waals surface area (Å²) >= 11 is 3.29. The molecule has 2 rings (SSSR count). The molecule has 2 unspecified atom stereocenters. The maximum Gasteiger partial charge on any atom is 0.128 e. The van der Waals surface area contributed by atoms with Crippen molar-refractivity contribution in [1.29, 1.82) is 0 Å². The molecule has 1 fully saturated rings. The average molecular weight is 289 g/mol. The van der Waals surface area contributed by atoms with E-state index in [1.165, 1.54) is 0 Å². The van der Waals surface area contributed by atoms with Crippen LogP contribution in [0.3, 0.4) is 0 Å². The minimum Gasteiger partial charge on any atom is -0.316 e. The Hall–Kier alpha value is -0.260. The average Bonchev–Trinajstić information content (AvgIpc) is 2.29. The van der Waals surface area contributed by atoms with Crippen LogP contribution < -0.4 is 5.32 Å². The van der Waals surface area contributed by atoms with Gasteiger partial charge in [0.2, 0.25) is 0 Å². The Balaban J connectivity index is 2.12. The molecule has 3 nitrogen and oxygen atoms in total. The molecule has 1 saturated heterocycles. The van der Waals surface area contributed by atoms with Gasteiger partial charge in [0.15, 0.2) is 0 Å². The van der Waals surface area contributed by atoms with Gasteiger partial charge in [-0.1, -0.05) is 6.07 Å². The van der Waals surface area contributed by atoms with E-state index in [9.17, 15) is 4.21 Å². The van der Waals surface area contributed by atoms with E-state index in [4.69, 9.17) is 0 Å². The summed E-state index contributed by atoms with van der Waals surface area (Å²) in [6.45, 7) is 1.88. The third kappa shape index (κ3) is 2.86. The van der Waals surface area contributed by atoms with Gasteiger partial charge in [0, 0.05) is 6.54 Å². The van der Waals surface area contributed by atoms with Gasteiger partial charge in [0.25, 0.3) is 0 Å². The molecule has 15 heavy (non-hydrogen) atoms. The predicted molar refractivity (Wildman–Crippen MR) is 64.2 cm³/mol. The molecule has 82 valence electrons. The Kier molecular flexibility index (Phi) is 3.88. The second-order valence-corrected chi connectivity index (χ2v) is 6.06. The van der Waals surface area contributed by atoms with Crippen LogP contribution in [-0.2, 0) is 10.8 Å². The van der Waals surface area contributed by atoms with Crippen molar-refractivity contribution in [3.63, 3.8) is 0 Å². The fourth-order valence-electron chi connectivity index (χ4n) is 1.68. The molecule has 2 atom stereocenters. The normalized spacial score (nSPS) is 23.7. The highest BCUT2D eigenvalue weighted by molar-refractivity contribution is 9.10. The fourth-order valence-corrected chi connectivity index (χ4v) is 3.53. The van der Waals surface area contributed by atoms with Gasteiger partial charge >= 0.3 is 0 Å². The van der Waals surface area contributed by atoms with Crippen LogP contribution in [0.2, 0.25) is 0 Å². The van der Waals surface area contributed by atoms with Crippen molar-refractivity contribution in [3.05, 3.63) is 22.8 Å². The Labute approximate surface area is 100 Å². The van der Waals surface area contributed by atoms with Crippen LogP contribution in [0.5, 0.6) is 0 Å². The summed E-state index contributed by atoms with van der Waals surface area (Å²) in [6.07, 6.45) is 2.12. The van der Waals surface area contributed by atoms with E-state index >= 15 is 0 Å². The third-order valence-corrected chi connectivity index (χ3v) is 4.54. The summed E-state index contributed by atoms with van der Waals surface area (Å²) in [5, 5.41) is 4.16. The number of pyridine rings is 1. The van der Waals surface area contributed by atoms with E-state index in [-0.39, 0.29) is 5.25 Å². The van der Waals surface area contributed by atoms with Crippen molar-refractivity contribution in [1.82, 2.24) is 10.3 Å². The molecule has 0 bridgehead atoms. The summed E-state index contributed by atoms with van der Waals surface area (Å²) < 4.78 is 12.9. The number of hydrogen-bond donors (Lipinski definition) is 1. The lowest BCUT2D eigenvalue weighted by Gasteiger charge is -2.21. The van der Waals surface area contributed by atoms with Crippen molar-refractivity contribution in [2.75, 3.05) is 13.1 Å². The maximum absolute atomic E-state index is 12.1. The number of hydrogen-bond acceptors (Lipinski definition) is 3. The molecule has 0 aromatic carbocycles. The fraction of sp³-hybridized carbons (Fsp3) is 0.500. The quantitative estimate of drug-likeness (QED) is 0.843. The molecule has 5 heteroatoms. The van der Waals surface area contributed by atoms with Crippen LogP contribution in [0.1, 0.15) is 12.8 Å². The summed E-state index contributed by atoms with van der Waals surface area (Å²) in [5.74, 6) is 0. The molecule has 1 N–H and O–H groups in total. The Bertz CT molecular complexity index is 366. The van der Waals surface area contributed by atoms with E-state index in [2.05, 4.69) is 26.2 Å². The van der Waals surface area contributed by atoms with Crippen LogP contribution >= 0.6 is 15.9 Å². The molecular weight excluding hydrogens is 276 g/mol. The monoisotopic (exact) mass is 288 g/mol. The van der Waals surface area contributed by atoms with E-state index in [0.717, 1.165) is 30.5 Å². The van der Waals surface area contributed by atoms with Crippen LogP contribution in [0.15, 0.2) is 27.8 Å². The summed E-state index contributed by atoms with van der Waals surface area (Å²) in [4.78, 5) is 4.24. The van der Waals surface area contributed by atoms with Crippen LogP contribution in [0.25, 0.3) is 0 Å². The van der Waals surface area contributed by atoms with Crippen molar-refractivity contribution < 1.29 is 4.21 Å². The lowest BCUT2D eigenvalue weighted by molar-refractivity contribution is 0.519. The maximum atomic E-state index is 12.1. The first-order valence-corrected chi connectivity index (χ1v) is 7.02. The number of nitrogens with zero attached hydrogens (tertiary/aromatic N) is 1. The standard InChI is InChI=1S/C10H13BrN2OS/c11-9-4-1-5-10(13-9)15(14)8-3-2-6-12-7-8/h1,4-5,8,12H,2-3,6-7H2. The first-order chi connectivity index (χ1) is 7.27. The summed E-state index contributed by atoms with van der Waals surface area (Å²) in [6, 6.07) is 5.55. The first-order valence-electron chi connectivity index (χ1n) is 5.01. The smallest absolute Gasteiger partial charge is 0.128 e. The van der Waals surface area contributed by atoms with E-state index in [1.54, 1.807) is 0 Å². The van der Waals surface area contributed by atoms with Gasteiger partial charge in [-0.3, -0.25) is 4.21 Å². The van der Waals surface area contributed by atoms with Crippen LogP contribution in [-0.4, -0.2) is 27.5 Å². The van der Waals surface area contributed by atoms with Crippen molar-refractivity contribution >= 4 is 26.7 Å². The van der Waals surface area contributed by atoms with Gasteiger partial charge in [-0.25, -0.2) is 4.98 Å². The molecule has 0 spiro atoms. The Morgan fingerprint density at radius 2 is 2.40 bits per heavy atom. The summed E-state index contributed by atoms with van der Waals surface area (Å²) in [7, 11) is -0.984. The Morgan fingerprint density at radius 3 is 3.07 bits per heavy atom. The highest BCUT2D eigenvalue weighted by atomic mass is 79.9. The van der Waals surface area contributed by atoms with Crippen molar-refractivity contribution in [3.8, 4) is 0 Å². The molecule has 0 radical (unpaired) electrons. The van der Waals surface area contributed by atoms with Gasteiger partial charge in [0.1, 0.15) is 9.63 Å². The SMILES string of the molecule is O=S(c1cccc(Br)n1)C1CCCNC1. The molecule has 1 aliphatic heterocycles. The third-order valence-electron chi connectivity index (χ3n) is 2.45. The summed E-state index contributed by atoms with van der Waals surface area (Å²) in [5.41, 5.74) is 0. The molecule has 0 amide bonds. The molecule has 0 aliphatic carbocycles. The molecule has 2 heterocycles. The molecular formula is C10H13BrN2OS. The van der Waals surface area contributed by atoms with E-state index < -0.39 is 10.8 Å². The minimum absolute atomic E-state index is 0.209. The largest absolute Gasteiger partial charge is 0.316 e. The van der Waals surface area contributed by atoms with Gasteiger partial charge in [-0.05, 0) is 47.4 Å². The highest BCUT2D eigenvalue weighted by Gasteiger charge is 2.21. The molecule has 1 aromatic heterocycles. The van der Waals surface area contributed by atoms with Crippen LogP contribution in [0, 0.1) is 0 Å². The zero-order valence-electron chi connectivity index (χ0n) is 8.28. The van der Waals surface area contributed by atoms with Gasteiger partial charge in [-0.2, -0.15) is 0 Å². The molecule has 1 aromatic rings. The predicted octanol–water partition coefficient (Wildman–Crippen LogP) is 1.70.